The fourth-order valence-electron chi connectivity index (χ4n) is 3.23. The number of rotatable bonds is 4. The second-order valence-electron chi connectivity index (χ2n) is 8.15. The SMILES string of the molecule is Cc1ccc(CC#N)cc1C(=O)NC1CCC(NC(=O)OC(C)(C)C)CC1. The first-order valence-electron chi connectivity index (χ1n) is 9.45. The number of amides is 2. The standard InChI is InChI=1S/C21H29N3O3/c1-14-5-6-15(11-12-22)13-18(14)19(25)23-16-7-9-17(10-8-16)24-20(26)27-21(2,3)4/h5-6,13,16-17H,7-11H2,1-4H3,(H,23,25)(H,24,26). The number of carbonyl (C=O) groups excluding carboxylic acids is 2. The van der Waals surface area contributed by atoms with Gasteiger partial charge < -0.3 is 15.4 Å². The van der Waals surface area contributed by atoms with Crippen LogP contribution in [0.3, 0.4) is 0 Å². The normalized spacial score (nSPS) is 19.7. The number of nitriles is 1. The minimum absolute atomic E-state index is 0.0775. The average Bonchev–Trinajstić information content (AvgIpc) is 2.57. The molecule has 146 valence electrons. The van der Waals surface area contributed by atoms with Gasteiger partial charge in [-0.2, -0.15) is 5.26 Å². The topological polar surface area (TPSA) is 91.2 Å². The van der Waals surface area contributed by atoms with Crippen LogP contribution in [0.1, 0.15) is 67.9 Å². The van der Waals surface area contributed by atoms with Gasteiger partial charge >= 0.3 is 6.09 Å². The summed E-state index contributed by atoms with van der Waals surface area (Å²) in [5, 5.41) is 14.8. The Morgan fingerprint density at radius 2 is 1.74 bits per heavy atom. The van der Waals surface area contributed by atoms with Gasteiger partial charge in [0.2, 0.25) is 0 Å². The van der Waals surface area contributed by atoms with Gasteiger partial charge in [-0.1, -0.05) is 12.1 Å². The zero-order chi connectivity index (χ0) is 20.0. The molecular weight excluding hydrogens is 342 g/mol. The Morgan fingerprint density at radius 3 is 2.30 bits per heavy atom. The first kappa shape index (κ1) is 20.8. The monoisotopic (exact) mass is 371 g/mol. The van der Waals surface area contributed by atoms with Crippen LogP contribution >= 0.6 is 0 Å². The highest BCUT2D eigenvalue weighted by Crippen LogP contribution is 2.20. The molecule has 0 bridgehead atoms. The summed E-state index contributed by atoms with van der Waals surface area (Å²) in [6.45, 7) is 7.42. The first-order chi connectivity index (χ1) is 12.7. The summed E-state index contributed by atoms with van der Waals surface area (Å²) < 4.78 is 5.29. The Bertz CT molecular complexity index is 723. The van der Waals surface area contributed by atoms with Crippen molar-refractivity contribution in [2.24, 2.45) is 0 Å². The predicted octanol–water partition coefficient (Wildman–Crippen LogP) is 3.63. The Kier molecular flexibility index (Phi) is 6.84. The van der Waals surface area contributed by atoms with Crippen LogP contribution in [0, 0.1) is 18.3 Å². The molecule has 27 heavy (non-hydrogen) atoms. The van der Waals surface area contributed by atoms with E-state index in [-0.39, 0.29) is 24.1 Å². The molecule has 0 unspecified atom stereocenters. The summed E-state index contributed by atoms with van der Waals surface area (Å²) in [4.78, 5) is 24.5. The van der Waals surface area contributed by atoms with Gasteiger partial charge in [0.15, 0.2) is 0 Å². The maximum Gasteiger partial charge on any atom is 0.407 e. The third-order valence-corrected chi connectivity index (χ3v) is 4.61. The van der Waals surface area contributed by atoms with Crippen molar-refractivity contribution in [3.8, 4) is 6.07 Å². The van der Waals surface area contributed by atoms with E-state index in [0.717, 1.165) is 36.8 Å². The van der Waals surface area contributed by atoms with Crippen molar-refractivity contribution in [2.45, 2.75) is 77.5 Å². The number of hydrogen-bond acceptors (Lipinski definition) is 4. The molecule has 2 amide bonds. The molecule has 1 aliphatic carbocycles. The van der Waals surface area contributed by atoms with Crippen LogP contribution in [0.5, 0.6) is 0 Å². The molecular formula is C21H29N3O3. The molecule has 0 radical (unpaired) electrons. The molecule has 0 heterocycles. The Balaban J connectivity index is 1.85. The van der Waals surface area contributed by atoms with E-state index in [4.69, 9.17) is 10.00 Å². The van der Waals surface area contributed by atoms with Crippen LogP contribution in [-0.4, -0.2) is 29.7 Å². The predicted molar refractivity (Wildman–Crippen MR) is 103 cm³/mol. The van der Waals surface area contributed by atoms with Gasteiger partial charge in [0.25, 0.3) is 5.91 Å². The number of aryl methyl sites for hydroxylation is 1. The minimum Gasteiger partial charge on any atom is -0.444 e. The lowest BCUT2D eigenvalue weighted by Gasteiger charge is -2.30. The summed E-state index contributed by atoms with van der Waals surface area (Å²) in [6.07, 6.45) is 3.13. The lowest BCUT2D eigenvalue weighted by atomic mass is 9.91. The largest absolute Gasteiger partial charge is 0.444 e. The summed E-state index contributed by atoms with van der Waals surface area (Å²) in [5.74, 6) is -0.101. The number of nitrogens with zero attached hydrogens (tertiary/aromatic N) is 1. The number of benzene rings is 1. The molecule has 0 aromatic heterocycles. The highest BCUT2D eigenvalue weighted by Gasteiger charge is 2.26. The molecule has 0 spiro atoms. The van der Waals surface area contributed by atoms with E-state index in [1.807, 2.05) is 39.8 Å². The Morgan fingerprint density at radius 1 is 1.15 bits per heavy atom. The number of nitrogens with one attached hydrogen (secondary N) is 2. The van der Waals surface area contributed by atoms with Crippen molar-refractivity contribution in [1.82, 2.24) is 10.6 Å². The average molecular weight is 371 g/mol. The van der Waals surface area contributed by atoms with Crippen LogP contribution in [0.25, 0.3) is 0 Å². The molecule has 0 aliphatic heterocycles. The van der Waals surface area contributed by atoms with E-state index in [1.165, 1.54) is 0 Å². The van der Waals surface area contributed by atoms with Gasteiger partial charge in [-0.15, -0.1) is 0 Å². The maximum atomic E-state index is 12.6. The molecule has 6 heteroatoms. The number of hydrogen-bond donors (Lipinski definition) is 2. The molecule has 1 fully saturated rings. The van der Waals surface area contributed by atoms with Crippen LogP contribution in [0.2, 0.25) is 0 Å². The number of alkyl carbamates (subject to hydrolysis) is 1. The smallest absolute Gasteiger partial charge is 0.407 e. The molecule has 0 atom stereocenters. The zero-order valence-electron chi connectivity index (χ0n) is 16.6. The van der Waals surface area contributed by atoms with Crippen molar-refractivity contribution in [1.29, 1.82) is 5.26 Å². The maximum absolute atomic E-state index is 12.6. The number of carbonyl (C=O) groups is 2. The van der Waals surface area contributed by atoms with Gasteiger partial charge in [-0.05, 0) is 70.6 Å². The summed E-state index contributed by atoms with van der Waals surface area (Å²) in [5.41, 5.74) is 1.86. The van der Waals surface area contributed by atoms with Gasteiger partial charge in [-0.3, -0.25) is 4.79 Å². The van der Waals surface area contributed by atoms with Crippen molar-refractivity contribution < 1.29 is 14.3 Å². The minimum atomic E-state index is -0.507. The van der Waals surface area contributed by atoms with Crippen molar-refractivity contribution in [2.75, 3.05) is 0 Å². The summed E-state index contributed by atoms with van der Waals surface area (Å²) in [6, 6.07) is 7.83. The first-order valence-corrected chi connectivity index (χ1v) is 9.45. The van der Waals surface area contributed by atoms with Gasteiger partial charge in [0, 0.05) is 17.6 Å². The molecule has 1 saturated carbocycles. The van der Waals surface area contributed by atoms with Gasteiger partial charge in [-0.25, -0.2) is 4.79 Å². The van der Waals surface area contributed by atoms with Crippen LogP contribution in [0.15, 0.2) is 18.2 Å². The van der Waals surface area contributed by atoms with E-state index >= 15 is 0 Å². The highest BCUT2D eigenvalue weighted by molar-refractivity contribution is 5.96. The second kappa shape index (κ2) is 8.90. The zero-order valence-corrected chi connectivity index (χ0v) is 16.6. The Hall–Kier alpha value is -2.55. The third kappa shape index (κ3) is 6.59. The van der Waals surface area contributed by atoms with E-state index in [0.29, 0.717) is 12.0 Å². The fourth-order valence-corrected chi connectivity index (χ4v) is 3.23. The van der Waals surface area contributed by atoms with Crippen LogP contribution < -0.4 is 10.6 Å². The van der Waals surface area contributed by atoms with E-state index in [1.54, 1.807) is 6.07 Å². The molecule has 1 aromatic carbocycles. The van der Waals surface area contributed by atoms with Crippen LogP contribution in [-0.2, 0) is 11.2 Å². The summed E-state index contributed by atoms with van der Waals surface area (Å²) in [7, 11) is 0. The van der Waals surface area contributed by atoms with Crippen LogP contribution in [0.4, 0.5) is 4.79 Å². The van der Waals surface area contributed by atoms with Crippen molar-refractivity contribution in [3.05, 3.63) is 34.9 Å². The molecule has 2 N–H and O–H groups in total. The molecule has 1 aromatic rings. The quantitative estimate of drug-likeness (QED) is 0.845. The molecule has 2 rings (SSSR count). The van der Waals surface area contributed by atoms with Gasteiger partial charge in [0.05, 0.1) is 12.5 Å². The molecule has 6 nitrogen and oxygen atoms in total. The third-order valence-electron chi connectivity index (χ3n) is 4.61. The lowest BCUT2D eigenvalue weighted by molar-refractivity contribution is 0.0488. The van der Waals surface area contributed by atoms with E-state index in [9.17, 15) is 9.59 Å². The summed E-state index contributed by atoms with van der Waals surface area (Å²) >= 11 is 0. The van der Waals surface area contributed by atoms with Crippen molar-refractivity contribution >= 4 is 12.0 Å². The highest BCUT2D eigenvalue weighted by atomic mass is 16.6. The molecule has 0 saturated heterocycles. The fraction of sp³-hybridized carbons (Fsp3) is 0.571. The number of ether oxygens (including phenoxy) is 1. The van der Waals surface area contributed by atoms with E-state index < -0.39 is 5.60 Å². The van der Waals surface area contributed by atoms with Crippen molar-refractivity contribution in [3.63, 3.8) is 0 Å². The second-order valence-corrected chi connectivity index (χ2v) is 8.15. The van der Waals surface area contributed by atoms with Gasteiger partial charge in [0.1, 0.15) is 5.60 Å². The molecule has 1 aliphatic rings. The lowest BCUT2D eigenvalue weighted by Crippen LogP contribution is -2.45. The Labute approximate surface area is 161 Å². The van der Waals surface area contributed by atoms with E-state index in [2.05, 4.69) is 16.7 Å².